The van der Waals surface area contributed by atoms with Crippen molar-refractivity contribution in [3.05, 3.63) is 73.8 Å². The normalized spacial score (nSPS) is 11.8. The summed E-state index contributed by atoms with van der Waals surface area (Å²) in [5.74, 6) is -0.191. The summed E-state index contributed by atoms with van der Waals surface area (Å²) in [5, 5.41) is 0. The van der Waals surface area contributed by atoms with Crippen molar-refractivity contribution in [3.8, 4) is 11.3 Å². The monoisotopic (exact) mass is 414 g/mol. The van der Waals surface area contributed by atoms with Gasteiger partial charge < -0.3 is 4.57 Å². The first-order valence-corrected chi connectivity index (χ1v) is 9.73. The predicted octanol–water partition coefficient (Wildman–Crippen LogP) is 5.36. The molecule has 5 heteroatoms. The Hall–Kier alpha value is -1.98. The van der Waals surface area contributed by atoms with Crippen LogP contribution in [0.25, 0.3) is 11.3 Å². The summed E-state index contributed by atoms with van der Waals surface area (Å²) < 4.78 is 3.16. The minimum atomic E-state index is -0.191. The highest BCUT2D eigenvalue weighted by Gasteiger charge is 2.13. The molecule has 1 aromatic heterocycles. The van der Waals surface area contributed by atoms with Crippen molar-refractivity contribution >= 4 is 33.2 Å². The number of rotatable bonds is 3. The van der Waals surface area contributed by atoms with Crippen molar-refractivity contribution in [3.63, 3.8) is 0 Å². The lowest BCUT2D eigenvalue weighted by molar-refractivity contribution is 0.0997. The van der Waals surface area contributed by atoms with Gasteiger partial charge in [-0.15, -0.1) is 11.3 Å². The molecule has 0 saturated carbocycles. The SMILES string of the molecule is CCn1c(-c2ccc(Br)cc2)c(C)sc1=NC(=O)c1ccccc1C. The summed E-state index contributed by atoms with van der Waals surface area (Å²) in [5.41, 5.74) is 3.85. The molecule has 3 aromatic rings. The smallest absolute Gasteiger partial charge is 0.279 e. The van der Waals surface area contributed by atoms with Gasteiger partial charge in [0.2, 0.25) is 0 Å². The third-order valence-electron chi connectivity index (χ3n) is 4.09. The number of carbonyl (C=O) groups excluding carboxylic acids is 1. The molecule has 0 N–H and O–H groups in total. The fourth-order valence-corrected chi connectivity index (χ4v) is 4.15. The van der Waals surface area contributed by atoms with Gasteiger partial charge in [-0.25, -0.2) is 0 Å². The van der Waals surface area contributed by atoms with E-state index >= 15 is 0 Å². The third kappa shape index (κ3) is 3.67. The van der Waals surface area contributed by atoms with Crippen LogP contribution in [0, 0.1) is 13.8 Å². The molecular weight excluding hydrogens is 396 g/mol. The van der Waals surface area contributed by atoms with E-state index in [2.05, 4.69) is 51.5 Å². The Morgan fingerprint density at radius 1 is 1.12 bits per heavy atom. The van der Waals surface area contributed by atoms with Crippen LogP contribution in [-0.4, -0.2) is 10.5 Å². The van der Waals surface area contributed by atoms with E-state index in [9.17, 15) is 4.79 Å². The van der Waals surface area contributed by atoms with Crippen LogP contribution in [0.5, 0.6) is 0 Å². The Bertz CT molecular complexity index is 984. The van der Waals surface area contributed by atoms with Crippen LogP contribution >= 0.6 is 27.3 Å². The number of thiazole rings is 1. The van der Waals surface area contributed by atoms with E-state index < -0.39 is 0 Å². The Morgan fingerprint density at radius 2 is 1.80 bits per heavy atom. The second kappa shape index (κ2) is 7.50. The Kier molecular flexibility index (Phi) is 5.35. The largest absolute Gasteiger partial charge is 0.316 e. The van der Waals surface area contributed by atoms with Crippen molar-refractivity contribution in [2.45, 2.75) is 27.3 Å². The van der Waals surface area contributed by atoms with E-state index in [-0.39, 0.29) is 5.91 Å². The highest BCUT2D eigenvalue weighted by molar-refractivity contribution is 9.10. The van der Waals surface area contributed by atoms with Crippen molar-refractivity contribution in [1.82, 2.24) is 4.57 Å². The van der Waals surface area contributed by atoms with Gasteiger partial charge in [0, 0.05) is 21.5 Å². The zero-order chi connectivity index (χ0) is 18.0. The Balaban J connectivity index is 2.12. The van der Waals surface area contributed by atoms with Gasteiger partial charge in [0.15, 0.2) is 4.80 Å². The molecule has 0 aliphatic carbocycles. The minimum Gasteiger partial charge on any atom is -0.316 e. The van der Waals surface area contributed by atoms with Gasteiger partial charge in [0.1, 0.15) is 0 Å². The maximum absolute atomic E-state index is 12.6. The highest BCUT2D eigenvalue weighted by atomic mass is 79.9. The van der Waals surface area contributed by atoms with Gasteiger partial charge >= 0.3 is 0 Å². The van der Waals surface area contributed by atoms with Crippen LogP contribution in [0.2, 0.25) is 0 Å². The van der Waals surface area contributed by atoms with Crippen molar-refractivity contribution in [2.75, 3.05) is 0 Å². The summed E-state index contributed by atoms with van der Waals surface area (Å²) in [6.45, 7) is 6.84. The second-order valence-electron chi connectivity index (χ2n) is 5.77. The van der Waals surface area contributed by atoms with Crippen molar-refractivity contribution in [2.24, 2.45) is 4.99 Å². The zero-order valence-electron chi connectivity index (χ0n) is 14.4. The van der Waals surface area contributed by atoms with Gasteiger partial charge in [0.05, 0.1) is 5.69 Å². The molecule has 0 atom stereocenters. The first-order chi connectivity index (χ1) is 12.0. The minimum absolute atomic E-state index is 0.191. The molecule has 0 radical (unpaired) electrons. The first-order valence-electron chi connectivity index (χ1n) is 8.12. The van der Waals surface area contributed by atoms with E-state index in [1.54, 1.807) is 11.3 Å². The number of aryl methyl sites for hydroxylation is 2. The van der Waals surface area contributed by atoms with Gasteiger partial charge in [-0.1, -0.05) is 46.3 Å². The summed E-state index contributed by atoms with van der Waals surface area (Å²) in [4.78, 5) is 18.9. The molecule has 0 spiro atoms. The molecule has 1 amide bonds. The molecule has 0 unspecified atom stereocenters. The third-order valence-corrected chi connectivity index (χ3v) is 5.61. The van der Waals surface area contributed by atoms with Crippen LogP contribution in [-0.2, 0) is 6.54 Å². The molecule has 0 bridgehead atoms. The summed E-state index contributed by atoms with van der Waals surface area (Å²) in [7, 11) is 0. The van der Waals surface area contributed by atoms with E-state index in [0.29, 0.717) is 5.56 Å². The number of amides is 1. The molecule has 3 rings (SSSR count). The van der Waals surface area contributed by atoms with Crippen molar-refractivity contribution in [1.29, 1.82) is 0 Å². The highest BCUT2D eigenvalue weighted by Crippen LogP contribution is 2.26. The first kappa shape index (κ1) is 17.8. The molecule has 0 saturated heterocycles. The number of aromatic nitrogens is 1. The van der Waals surface area contributed by atoms with Gasteiger partial charge in [-0.2, -0.15) is 4.99 Å². The van der Waals surface area contributed by atoms with Gasteiger partial charge in [-0.3, -0.25) is 4.79 Å². The Labute approximate surface area is 159 Å². The molecule has 0 aliphatic heterocycles. The number of nitrogens with zero attached hydrogens (tertiary/aromatic N) is 2. The summed E-state index contributed by atoms with van der Waals surface area (Å²) in [6, 6.07) is 15.8. The van der Waals surface area contributed by atoms with Gasteiger partial charge in [-0.05, 0) is 50.1 Å². The lowest BCUT2D eigenvalue weighted by Crippen LogP contribution is -2.17. The van der Waals surface area contributed by atoms with E-state index in [1.807, 2.05) is 43.3 Å². The van der Waals surface area contributed by atoms with Crippen LogP contribution in [0.15, 0.2) is 58.0 Å². The lowest BCUT2D eigenvalue weighted by atomic mass is 10.1. The maximum Gasteiger partial charge on any atom is 0.279 e. The maximum atomic E-state index is 12.6. The molecule has 1 heterocycles. The van der Waals surface area contributed by atoms with E-state index in [0.717, 1.165) is 37.5 Å². The predicted molar refractivity (Wildman–Crippen MR) is 107 cm³/mol. The standard InChI is InChI=1S/C20H19BrN2OS/c1-4-23-18(15-9-11-16(21)12-10-15)14(3)25-20(23)22-19(24)17-8-6-5-7-13(17)2/h5-12H,4H2,1-3H3. The quantitative estimate of drug-likeness (QED) is 0.567. The number of benzene rings is 2. The number of hydrogen-bond donors (Lipinski definition) is 0. The fraction of sp³-hybridized carbons (Fsp3) is 0.200. The molecule has 3 nitrogen and oxygen atoms in total. The van der Waals surface area contributed by atoms with Crippen molar-refractivity contribution < 1.29 is 4.79 Å². The van der Waals surface area contributed by atoms with Gasteiger partial charge in [0.25, 0.3) is 5.91 Å². The average molecular weight is 415 g/mol. The Morgan fingerprint density at radius 3 is 2.44 bits per heavy atom. The van der Waals surface area contributed by atoms with Crippen LogP contribution in [0.1, 0.15) is 27.7 Å². The fourth-order valence-electron chi connectivity index (χ4n) is 2.83. The lowest BCUT2D eigenvalue weighted by Gasteiger charge is -2.08. The number of carbonyl (C=O) groups is 1. The summed E-state index contributed by atoms with van der Waals surface area (Å²) in [6.07, 6.45) is 0. The van der Waals surface area contributed by atoms with E-state index in [1.165, 1.54) is 0 Å². The van der Waals surface area contributed by atoms with Crippen LogP contribution in [0.3, 0.4) is 0 Å². The molecule has 2 aromatic carbocycles. The summed E-state index contributed by atoms with van der Waals surface area (Å²) >= 11 is 5.03. The average Bonchev–Trinajstić information content (AvgIpc) is 2.91. The van der Waals surface area contributed by atoms with E-state index in [4.69, 9.17) is 0 Å². The second-order valence-corrected chi connectivity index (χ2v) is 7.87. The molecular formula is C20H19BrN2OS. The topological polar surface area (TPSA) is 34.4 Å². The number of halogens is 1. The van der Waals surface area contributed by atoms with Crippen LogP contribution < -0.4 is 4.80 Å². The molecule has 0 aliphatic rings. The molecule has 128 valence electrons. The van der Waals surface area contributed by atoms with Crippen LogP contribution in [0.4, 0.5) is 0 Å². The molecule has 0 fully saturated rings. The molecule has 25 heavy (non-hydrogen) atoms. The zero-order valence-corrected chi connectivity index (χ0v) is 16.8. The number of hydrogen-bond acceptors (Lipinski definition) is 2.